The first-order valence-corrected chi connectivity index (χ1v) is 12.4. The van der Waals surface area contributed by atoms with Gasteiger partial charge in [-0.2, -0.15) is 11.8 Å². The van der Waals surface area contributed by atoms with Crippen molar-refractivity contribution in [3.8, 4) is 0 Å². The van der Waals surface area contributed by atoms with Crippen molar-refractivity contribution in [1.82, 2.24) is 16.0 Å². The highest BCUT2D eigenvalue weighted by Gasteiger charge is 2.31. The largest absolute Gasteiger partial charge is 0.480 e. The van der Waals surface area contributed by atoms with Crippen LogP contribution in [0, 0.1) is 11.8 Å². The number of nitrogens with two attached hydrogens (primary N) is 2. The molecule has 11 nitrogen and oxygen atoms in total. The molecular formula is C21H39N5O6S. The van der Waals surface area contributed by atoms with Crippen molar-refractivity contribution in [2.45, 2.75) is 77.5 Å². The second kappa shape index (κ2) is 15.5. The molecule has 5 unspecified atom stereocenters. The zero-order chi connectivity index (χ0) is 25.7. The Bertz CT molecular complexity index is 690. The summed E-state index contributed by atoms with van der Waals surface area (Å²) >= 11 is 1.50. The molecular weight excluding hydrogens is 450 g/mol. The number of carbonyl (C=O) groups is 5. The predicted molar refractivity (Wildman–Crippen MR) is 127 cm³/mol. The molecule has 0 saturated carbocycles. The first-order chi connectivity index (χ1) is 15.3. The van der Waals surface area contributed by atoms with Crippen molar-refractivity contribution in [1.29, 1.82) is 0 Å². The van der Waals surface area contributed by atoms with Gasteiger partial charge in [0.2, 0.25) is 23.6 Å². The highest BCUT2D eigenvalue weighted by Crippen LogP contribution is 2.10. The standard InChI is InChI=1S/C21H39N5O6S/c1-6-12(4)17(23)20(30)24-13(7-8-33-5)18(28)25-14(9-11(2)3)19(29)26-15(21(31)32)10-16(22)27/h11-15,17H,6-10,23H2,1-5H3,(H2,22,27)(H,24,30)(H,25,28)(H,26,29)(H,31,32). The molecule has 0 saturated heterocycles. The molecule has 0 heterocycles. The molecule has 0 fully saturated rings. The smallest absolute Gasteiger partial charge is 0.326 e. The van der Waals surface area contributed by atoms with Crippen LogP contribution in [-0.2, 0) is 24.0 Å². The van der Waals surface area contributed by atoms with E-state index >= 15 is 0 Å². The average molecular weight is 490 g/mol. The first kappa shape index (κ1) is 30.7. The van der Waals surface area contributed by atoms with Gasteiger partial charge in [0.15, 0.2) is 0 Å². The monoisotopic (exact) mass is 489 g/mol. The van der Waals surface area contributed by atoms with E-state index in [1.54, 1.807) is 0 Å². The minimum atomic E-state index is -1.51. The lowest BCUT2D eigenvalue weighted by Gasteiger charge is -2.26. The summed E-state index contributed by atoms with van der Waals surface area (Å²) in [4.78, 5) is 60.8. The summed E-state index contributed by atoms with van der Waals surface area (Å²) in [7, 11) is 0. The molecule has 0 aromatic heterocycles. The molecule has 4 amide bonds. The van der Waals surface area contributed by atoms with E-state index in [1.165, 1.54) is 11.8 Å². The number of nitrogens with one attached hydrogen (secondary N) is 3. The molecule has 0 radical (unpaired) electrons. The van der Waals surface area contributed by atoms with Crippen LogP contribution in [0.25, 0.3) is 0 Å². The van der Waals surface area contributed by atoms with Crippen LogP contribution in [0.15, 0.2) is 0 Å². The molecule has 0 spiro atoms. The quantitative estimate of drug-likeness (QED) is 0.168. The average Bonchev–Trinajstić information content (AvgIpc) is 2.73. The van der Waals surface area contributed by atoms with E-state index in [-0.39, 0.29) is 18.3 Å². The Balaban J connectivity index is 5.51. The van der Waals surface area contributed by atoms with Gasteiger partial charge in [-0.15, -0.1) is 0 Å². The van der Waals surface area contributed by atoms with Crippen molar-refractivity contribution in [2.24, 2.45) is 23.3 Å². The van der Waals surface area contributed by atoms with Gasteiger partial charge in [-0.1, -0.05) is 34.1 Å². The maximum Gasteiger partial charge on any atom is 0.326 e. The van der Waals surface area contributed by atoms with E-state index in [4.69, 9.17) is 11.5 Å². The predicted octanol–water partition coefficient (Wildman–Crippen LogP) is -0.427. The second-order valence-electron chi connectivity index (χ2n) is 8.51. The molecule has 0 aliphatic rings. The number of thioether (sulfide) groups is 1. The van der Waals surface area contributed by atoms with Gasteiger partial charge in [0, 0.05) is 0 Å². The van der Waals surface area contributed by atoms with Crippen molar-refractivity contribution in [2.75, 3.05) is 12.0 Å². The second-order valence-corrected chi connectivity index (χ2v) is 9.50. The minimum Gasteiger partial charge on any atom is -0.480 e. The van der Waals surface area contributed by atoms with E-state index in [0.29, 0.717) is 18.6 Å². The number of carbonyl (C=O) groups excluding carboxylic acids is 4. The Kier molecular flexibility index (Phi) is 14.4. The summed E-state index contributed by atoms with van der Waals surface area (Å²) in [5.41, 5.74) is 11.0. The maximum absolute atomic E-state index is 13.0. The minimum absolute atomic E-state index is 0.0152. The molecule has 33 heavy (non-hydrogen) atoms. The highest BCUT2D eigenvalue weighted by atomic mass is 32.2. The summed E-state index contributed by atoms with van der Waals surface area (Å²) in [6.07, 6.45) is 2.52. The van der Waals surface area contributed by atoms with E-state index in [2.05, 4.69) is 16.0 Å². The number of hydrogen-bond donors (Lipinski definition) is 6. The summed E-state index contributed by atoms with van der Waals surface area (Å²) in [6, 6.07) is -4.27. The number of rotatable bonds is 16. The van der Waals surface area contributed by atoms with Crippen LogP contribution in [0.4, 0.5) is 0 Å². The molecule has 0 aliphatic heterocycles. The number of carboxylic acids is 1. The number of hydrogen-bond acceptors (Lipinski definition) is 7. The van der Waals surface area contributed by atoms with Crippen molar-refractivity contribution in [3.05, 3.63) is 0 Å². The Hall–Kier alpha value is -2.34. The number of carboxylic acid groups (broad SMARTS) is 1. The van der Waals surface area contributed by atoms with E-state index < -0.39 is 60.2 Å². The fourth-order valence-electron chi connectivity index (χ4n) is 2.93. The third kappa shape index (κ3) is 11.9. The zero-order valence-corrected chi connectivity index (χ0v) is 20.9. The van der Waals surface area contributed by atoms with Gasteiger partial charge < -0.3 is 32.5 Å². The van der Waals surface area contributed by atoms with Crippen molar-refractivity contribution >= 4 is 41.4 Å². The molecule has 0 bridgehead atoms. The fourth-order valence-corrected chi connectivity index (χ4v) is 3.41. The van der Waals surface area contributed by atoms with Gasteiger partial charge in [0.05, 0.1) is 12.5 Å². The van der Waals surface area contributed by atoms with E-state index in [9.17, 15) is 29.1 Å². The van der Waals surface area contributed by atoms with Gasteiger partial charge in [0.1, 0.15) is 18.1 Å². The number of amides is 4. The molecule has 0 aromatic rings. The van der Waals surface area contributed by atoms with Crippen molar-refractivity contribution < 1.29 is 29.1 Å². The number of aliphatic carboxylic acids is 1. The van der Waals surface area contributed by atoms with Gasteiger partial charge in [0.25, 0.3) is 0 Å². The van der Waals surface area contributed by atoms with Gasteiger partial charge in [-0.3, -0.25) is 19.2 Å². The third-order valence-electron chi connectivity index (χ3n) is 5.16. The maximum atomic E-state index is 13.0. The van der Waals surface area contributed by atoms with Gasteiger partial charge in [-0.25, -0.2) is 4.79 Å². The normalized spacial score (nSPS) is 15.6. The Morgan fingerprint density at radius 1 is 0.909 bits per heavy atom. The molecule has 0 aliphatic carbocycles. The van der Waals surface area contributed by atoms with Crippen LogP contribution >= 0.6 is 11.8 Å². The van der Waals surface area contributed by atoms with E-state index in [1.807, 2.05) is 34.0 Å². The lowest BCUT2D eigenvalue weighted by molar-refractivity contribution is -0.144. The highest BCUT2D eigenvalue weighted by molar-refractivity contribution is 7.98. The molecule has 0 rings (SSSR count). The van der Waals surface area contributed by atoms with Crippen LogP contribution in [0.1, 0.15) is 53.4 Å². The Labute approximate surface area is 199 Å². The zero-order valence-electron chi connectivity index (χ0n) is 20.1. The molecule has 12 heteroatoms. The molecule has 5 atom stereocenters. The van der Waals surface area contributed by atoms with Crippen LogP contribution < -0.4 is 27.4 Å². The fraction of sp³-hybridized carbons (Fsp3) is 0.762. The summed E-state index contributed by atoms with van der Waals surface area (Å²) in [5.74, 6) is -3.59. The number of primary amides is 1. The van der Waals surface area contributed by atoms with Crippen LogP contribution in [-0.4, -0.2) is 70.9 Å². The Morgan fingerprint density at radius 3 is 1.88 bits per heavy atom. The SMILES string of the molecule is CCC(C)C(N)C(=O)NC(CCSC)C(=O)NC(CC(C)C)C(=O)NC(CC(N)=O)C(=O)O. The van der Waals surface area contributed by atoms with Crippen LogP contribution in [0.5, 0.6) is 0 Å². The molecule has 190 valence electrons. The van der Waals surface area contributed by atoms with E-state index in [0.717, 1.165) is 0 Å². The van der Waals surface area contributed by atoms with Crippen molar-refractivity contribution in [3.63, 3.8) is 0 Å². The van der Waals surface area contributed by atoms with Crippen LogP contribution in [0.3, 0.4) is 0 Å². The summed E-state index contributed by atoms with van der Waals surface area (Å²) in [5, 5.41) is 16.8. The van der Waals surface area contributed by atoms with Gasteiger partial charge >= 0.3 is 5.97 Å². The van der Waals surface area contributed by atoms with Crippen LogP contribution in [0.2, 0.25) is 0 Å². The Morgan fingerprint density at radius 2 is 1.42 bits per heavy atom. The molecule has 8 N–H and O–H groups in total. The molecule has 0 aromatic carbocycles. The lowest BCUT2D eigenvalue weighted by Crippen LogP contribution is -2.58. The first-order valence-electron chi connectivity index (χ1n) is 11.0. The summed E-state index contributed by atoms with van der Waals surface area (Å²) < 4.78 is 0. The summed E-state index contributed by atoms with van der Waals surface area (Å²) in [6.45, 7) is 7.42. The third-order valence-corrected chi connectivity index (χ3v) is 5.81. The topological polar surface area (TPSA) is 194 Å². The van der Waals surface area contributed by atoms with Gasteiger partial charge in [-0.05, 0) is 36.7 Å². The lowest BCUT2D eigenvalue weighted by atomic mass is 9.98.